The minimum atomic E-state index is -0.812. The zero-order valence-electron chi connectivity index (χ0n) is 14.3. The first-order valence-corrected chi connectivity index (χ1v) is 7.95. The van der Waals surface area contributed by atoms with Crippen molar-refractivity contribution in [1.82, 2.24) is 0 Å². The molecule has 2 aromatic rings. The van der Waals surface area contributed by atoms with Gasteiger partial charge in [-0.15, -0.1) is 0 Å². The van der Waals surface area contributed by atoms with Gasteiger partial charge in [-0.3, -0.25) is 29.8 Å². The van der Waals surface area contributed by atoms with Crippen molar-refractivity contribution in [1.29, 1.82) is 0 Å². The molecule has 10 nitrogen and oxygen atoms in total. The fraction of sp³-hybridized carbons (Fsp3) is 0.176. The lowest BCUT2D eigenvalue weighted by atomic mass is 10.1. The van der Waals surface area contributed by atoms with Crippen LogP contribution in [0.4, 0.5) is 22.7 Å². The van der Waals surface area contributed by atoms with E-state index in [9.17, 15) is 29.8 Å². The Morgan fingerprint density at radius 3 is 2.00 bits per heavy atom. The average molecular weight is 372 g/mol. The zero-order valence-corrected chi connectivity index (χ0v) is 14.3. The van der Waals surface area contributed by atoms with Gasteiger partial charge in [0.1, 0.15) is 0 Å². The first-order valence-electron chi connectivity index (χ1n) is 7.95. The van der Waals surface area contributed by atoms with Gasteiger partial charge in [-0.25, -0.2) is 0 Å². The van der Waals surface area contributed by atoms with E-state index in [1.165, 1.54) is 6.07 Å². The molecule has 2 amide bonds. The molecule has 27 heavy (non-hydrogen) atoms. The summed E-state index contributed by atoms with van der Waals surface area (Å²) in [6, 6.07) is 9.00. The van der Waals surface area contributed by atoms with E-state index < -0.39 is 27.1 Å². The summed E-state index contributed by atoms with van der Waals surface area (Å²) in [4.78, 5) is 44.2. The van der Waals surface area contributed by atoms with E-state index in [0.29, 0.717) is 24.2 Å². The third kappa shape index (κ3) is 5.33. The lowest BCUT2D eigenvalue weighted by Crippen LogP contribution is -2.14. The fourth-order valence-electron chi connectivity index (χ4n) is 2.27. The third-order valence-corrected chi connectivity index (χ3v) is 3.47. The number of amides is 2. The van der Waals surface area contributed by atoms with Crippen molar-refractivity contribution < 1.29 is 19.4 Å². The van der Waals surface area contributed by atoms with Crippen molar-refractivity contribution >= 4 is 34.6 Å². The summed E-state index contributed by atoms with van der Waals surface area (Å²) in [5.74, 6) is -0.922. The van der Waals surface area contributed by atoms with Gasteiger partial charge in [-0.1, -0.05) is 13.0 Å². The number of anilines is 2. The topological polar surface area (TPSA) is 144 Å². The maximum Gasteiger partial charge on any atom is 0.277 e. The Balaban J connectivity index is 2.23. The molecule has 2 aromatic carbocycles. The number of nitrogens with one attached hydrogen (secondary N) is 2. The quantitative estimate of drug-likeness (QED) is 0.562. The summed E-state index contributed by atoms with van der Waals surface area (Å²) >= 11 is 0. The van der Waals surface area contributed by atoms with Crippen LogP contribution in [0.25, 0.3) is 0 Å². The lowest BCUT2D eigenvalue weighted by molar-refractivity contribution is -0.394. The first-order chi connectivity index (χ1) is 12.8. The van der Waals surface area contributed by atoms with E-state index in [4.69, 9.17) is 0 Å². The Hall–Kier alpha value is -3.82. The predicted molar refractivity (Wildman–Crippen MR) is 97.7 cm³/mol. The van der Waals surface area contributed by atoms with E-state index in [1.54, 1.807) is 18.2 Å². The second-order valence-corrected chi connectivity index (χ2v) is 5.59. The van der Waals surface area contributed by atoms with Gasteiger partial charge < -0.3 is 10.6 Å². The van der Waals surface area contributed by atoms with E-state index in [1.807, 2.05) is 6.92 Å². The van der Waals surface area contributed by atoms with Gasteiger partial charge in [0.25, 0.3) is 17.3 Å². The summed E-state index contributed by atoms with van der Waals surface area (Å²) < 4.78 is 0. The highest BCUT2D eigenvalue weighted by Gasteiger charge is 2.20. The number of nitro benzene ring substituents is 2. The SMILES string of the molecule is CCCC(=O)Nc1cccc(NC(=O)c2cc([N+](=O)[O-])cc([N+](=O)[O-])c2)c1. The van der Waals surface area contributed by atoms with Crippen molar-refractivity contribution in [2.24, 2.45) is 0 Å². The van der Waals surface area contributed by atoms with Crippen molar-refractivity contribution in [3.05, 3.63) is 68.3 Å². The fourth-order valence-corrected chi connectivity index (χ4v) is 2.27. The van der Waals surface area contributed by atoms with E-state index in [2.05, 4.69) is 10.6 Å². The highest BCUT2D eigenvalue weighted by Crippen LogP contribution is 2.24. The number of nitro groups is 2. The normalized spacial score (nSPS) is 10.1. The van der Waals surface area contributed by atoms with Crippen molar-refractivity contribution in [2.45, 2.75) is 19.8 Å². The van der Waals surface area contributed by atoms with Crippen molar-refractivity contribution in [3.63, 3.8) is 0 Å². The first kappa shape index (κ1) is 19.5. The molecule has 0 saturated carbocycles. The number of benzene rings is 2. The average Bonchev–Trinajstić information content (AvgIpc) is 2.61. The lowest BCUT2D eigenvalue weighted by Gasteiger charge is -2.09. The zero-order chi connectivity index (χ0) is 20.0. The third-order valence-electron chi connectivity index (χ3n) is 3.47. The molecule has 0 radical (unpaired) electrons. The van der Waals surface area contributed by atoms with Crippen molar-refractivity contribution in [3.8, 4) is 0 Å². The smallest absolute Gasteiger partial charge is 0.277 e. The van der Waals surface area contributed by atoms with Gasteiger partial charge in [-0.05, 0) is 24.6 Å². The standard InChI is InChI=1S/C17H16N4O6/c1-2-4-16(22)18-12-5-3-6-13(9-12)19-17(23)11-7-14(20(24)25)10-15(8-11)21(26)27/h3,5-10H,2,4H2,1H3,(H,18,22)(H,19,23). The van der Waals surface area contributed by atoms with Crippen LogP contribution < -0.4 is 10.6 Å². The van der Waals surface area contributed by atoms with Crippen LogP contribution in [0.15, 0.2) is 42.5 Å². The highest BCUT2D eigenvalue weighted by molar-refractivity contribution is 6.05. The molecule has 0 spiro atoms. The number of non-ortho nitro benzene ring substituents is 2. The molecule has 10 heteroatoms. The molecule has 2 rings (SSSR count). The second kappa shape index (κ2) is 8.52. The van der Waals surface area contributed by atoms with Gasteiger partial charge in [-0.2, -0.15) is 0 Å². The molecule has 0 aliphatic rings. The summed E-state index contributed by atoms with van der Waals surface area (Å²) in [6.07, 6.45) is 1.04. The highest BCUT2D eigenvalue weighted by atomic mass is 16.6. The Bertz CT molecular complexity index is 880. The number of carbonyl (C=O) groups is 2. The molecule has 0 atom stereocenters. The summed E-state index contributed by atoms with van der Waals surface area (Å²) in [7, 11) is 0. The number of rotatable bonds is 7. The van der Waals surface area contributed by atoms with Crippen LogP contribution in [0.3, 0.4) is 0 Å². The maximum absolute atomic E-state index is 12.4. The van der Waals surface area contributed by atoms with Crippen molar-refractivity contribution in [2.75, 3.05) is 10.6 Å². The number of carbonyl (C=O) groups excluding carboxylic acids is 2. The molecule has 0 aliphatic heterocycles. The van der Waals surface area contributed by atoms with Crippen LogP contribution in [-0.4, -0.2) is 21.7 Å². The van der Waals surface area contributed by atoms with Crippen LogP contribution in [0.2, 0.25) is 0 Å². The molecule has 0 aromatic heterocycles. The van der Waals surface area contributed by atoms with Gasteiger partial charge in [0, 0.05) is 29.9 Å². The molecule has 0 bridgehead atoms. The molecule has 0 aliphatic carbocycles. The molecule has 2 N–H and O–H groups in total. The molecule has 0 saturated heterocycles. The van der Waals surface area contributed by atoms with Crippen LogP contribution >= 0.6 is 0 Å². The van der Waals surface area contributed by atoms with Gasteiger partial charge >= 0.3 is 0 Å². The summed E-state index contributed by atoms with van der Waals surface area (Å²) in [6.45, 7) is 1.87. The van der Waals surface area contributed by atoms with Gasteiger partial charge in [0.2, 0.25) is 5.91 Å². The maximum atomic E-state index is 12.4. The second-order valence-electron chi connectivity index (χ2n) is 5.59. The van der Waals surface area contributed by atoms with Crippen LogP contribution in [0.1, 0.15) is 30.1 Å². The Morgan fingerprint density at radius 2 is 1.48 bits per heavy atom. The number of hydrogen-bond donors (Lipinski definition) is 2. The largest absolute Gasteiger partial charge is 0.326 e. The number of nitrogens with zero attached hydrogens (tertiary/aromatic N) is 2. The molecular weight excluding hydrogens is 356 g/mol. The summed E-state index contributed by atoms with van der Waals surface area (Å²) in [5, 5.41) is 27.0. The van der Waals surface area contributed by atoms with Crippen LogP contribution in [0, 0.1) is 20.2 Å². The van der Waals surface area contributed by atoms with E-state index in [-0.39, 0.29) is 11.5 Å². The molecule has 0 fully saturated rings. The van der Waals surface area contributed by atoms with Gasteiger partial charge in [0.15, 0.2) is 0 Å². The summed E-state index contributed by atoms with van der Waals surface area (Å²) in [5.41, 5.74) is -0.555. The minimum absolute atomic E-state index is 0.171. The van der Waals surface area contributed by atoms with Crippen LogP contribution in [-0.2, 0) is 4.79 Å². The minimum Gasteiger partial charge on any atom is -0.326 e. The van der Waals surface area contributed by atoms with E-state index >= 15 is 0 Å². The Kier molecular flexibility index (Phi) is 6.15. The Labute approximate surface area is 153 Å². The number of hydrogen-bond acceptors (Lipinski definition) is 6. The van der Waals surface area contributed by atoms with Gasteiger partial charge in [0.05, 0.1) is 21.5 Å². The predicted octanol–water partition coefficient (Wildman–Crippen LogP) is 3.49. The Morgan fingerprint density at radius 1 is 0.926 bits per heavy atom. The van der Waals surface area contributed by atoms with Crippen LogP contribution in [0.5, 0.6) is 0 Å². The molecule has 140 valence electrons. The van der Waals surface area contributed by atoms with E-state index in [0.717, 1.165) is 18.2 Å². The molecule has 0 heterocycles. The molecule has 0 unspecified atom stereocenters. The monoisotopic (exact) mass is 372 g/mol. The molecular formula is C17H16N4O6.